The van der Waals surface area contributed by atoms with Crippen molar-refractivity contribution in [3.05, 3.63) is 38.9 Å². The quantitative estimate of drug-likeness (QED) is 0.709. The number of ketones is 1. The lowest BCUT2D eigenvalue weighted by atomic mass is 10.1. The minimum absolute atomic E-state index is 0.0427. The van der Waals surface area contributed by atoms with Crippen molar-refractivity contribution in [2.24, 2.45) is 0 Å². The van der Waals surface area contributed by atoms with Crippen LogP contribution >= 0.6 is 23.2 Å². The molecule has 0 saturated heterocycles. The summed E-state index contributed by atoms with van der Waals surface area (Å²) in [5.41, 5.74) is 1.85. The van der Waals surface area contributed by atoms with Gasteiger partial charge in [-0.15, -0.1) is 0 Å². The Morgan fingerprint density at radius 2 is 2.07 bits per heavy atom. The van der Waals surface area contributed by atoms with Gasteiger partial charge in [-0.3, -0.25) is 4.79 Å². The molecule has 0 aromatic heterocycles. The molecule has 0 fully saturated rings. The SMILES string of the molecule is CC=C1Cc2cc(O)c(Cl)c(Cl)c2C1=O. The molecule has 1 aliphatic rings. The van der Waals surface area contributed by atoms with Gasteiger partial charge in [-0.25, -0.2) is 0 Å². The number of hydrogen-bond donors (Lipinski definition) is 1. The van der Waals surface area contributed by atoms with Crippen LogP contribution in [0, 0.1) is 0 Å². The summed E-state index contributed by atoms with van der Waals surface area (Å²) in [6.45, 7) is 1.80. The molecule has 0 spiro atoms. The normalized spacial score (nSPS) is 17.3. The molecule has 0 radical (unpaired) electrons. The number of halogens is 2. The van der Waals surface area contributed by atoms with E-state index in [0.29, 0.717) is 17.6 Å². The van der Waals surface area contributed by atoms with Gasteiger partial charge >= 0.3 is 0 Å². The maximum Gasteiger partial charge on any atom is 0.190 e. The van der Waals surface area contributed by atoms with Crippen LogP contribution in [0.15, 0.2) is 17.7 Å². The Balaban J connectivity index is 2.72. The van der Waals surface area contributed by atoms with Gasteiger partial charge in [0.05, 0.1) is 5.02 Å². The predicted molar refractivity (Wildman–Crippen MR) is 59.9 cm³/mol. The molecule has 4 heteroatoms. The van der Waals surface area contributed by atoms with Gasteiger partial charge in [-0.2, -0.15) is 0 Å². The van der Waals surface area contributed by atoms with Crippen LogP contribution < -0.4 is 0 Å². The van der Waals surface area contributed by atoms with Crippen molar-refractivity contribution in [1.82, 2.24) is 0 Å². The molecule has 2 nitrogen and oxygen atoms in total. The second-order valence-corrected chi connectivity index (χ2v) is 4.13. The largest absolute Gasteiger partial charge is 0.506 e. The van der Waals surface area contributed by atoms with Crippen LogP contribution in [0.5, 0.6) is 5.75 Å². The number of Topliss-reactive ketones (excluding diaryl/α,β-unsaturated/α-hetero) is 1. The summed E-state index contributed by atoms with van der Waals surface area (Å²) in [6.07, 6.45) is 2.26. The van der Waals surface area contributed by atoms with E-state index in [0.717, 1.165) is 5.56 Å². The molecule has 78 valence electrons. The standard InChI is InChI=1S/C11H8Cl2O2/c1-2-5-3-6-4-7(14)9(12)10(13)8(6)11(5)15/h2,4,14H,3H2,1H3. The highest BCUT2D eigenvalue weighted by molar-refractivity contribution is 6.45. The fraction of sp³-hybridized carbons (Fsp3) is 0.182. The molecule has 0 heterocycles. The van der Waals surface area contributed by atoms with Gasteiger partial charge in [0.1, 0.15) is 10.8 Å². The summed E-state index contributed by atoms with van der Waals surface area (Å²) >= 11 is 11.7. The van der Waals surface area contributed by atoms with Crippen LogP contribution in [0.25, 0.3) is 0 Å². The number of fused-ring (bicyclic) bond motifs is 1. The van der Waals surface area contributed by atoms with E-state index in [4.69, 9.17) is 23.2 Å². The Morgan fingerprint density at radius 3 is 2.67 bits per heavy atom. The van der Waals surface area contributed by atoms with Crippen LogP contribution in [0.3, 0.4) is 0 Å². The van der Waals surface area contributed by atoms with E-state index in [1.54, 1.807) is 13.0 Å². The van der Waals surface area contributed by atoms with Gasteiger partial charge in [0.25, 0.3) is 0 Å². The Morgan fingerprint density at radius 1 is 1.40 bits per heavy atom. The zero-order valence-corrected chi connectivity index (χ0v) is 9.49. The highest BCUT2D eigenvalue weighted by atomic mass is 35.5. The van der Waals surface area contributed by atoms with Crippen molar-refractivity contribution in [3.63, 3.8) is 0 Å². The lowest BCUT2D eigenvalue weighted by Gasteiger charge is -2.04. The third kappa shape index (κ3) is 1.45. The second kappa shape index (κ2) is 3.54. The average Bonchev–Trinajstić information content (AvgIpc) is 2.52. The number of rotatable bonds is 0. The third-order valence-electron chi connectivity index (χ3n) is 2.52. The van der Waals surface area contributed by atoms with Crippen LogP contribution in [-0.4, -0.2) is 10.9 Å². The zero-order valence-electron chi connectivity index (χ0n) is 7.97. The maximum absolute atomic E-state index is 11.8. The summed E-state index contributed by atoms with van der Waals surface area (Å²) in [6, 6.07) is 1.50. The van der Waals surface area contributed by atoms with E-state index in [9.17, 15) is 9.90 Å². The number of hydrogen-bond acceptors (Lipinski definition) is 2. The van der Waals surface area contributed by atoms with Gasteiger partial charge in [0, 0.05) is 17.6 Å². The molecule has 0 bridgehead atoms. The molecule has 1 aromatic rings. The van der Waals surface area contributed by atoms with Crippen molar-refractivity contribution in [3.8, 4) is 5.75 Å². The van der Waals surface area contributed by atoms with Crippen LogP contribution in [-0.2, 0) is 6.42 Å². The maximum atomic E-state index is 11.8. The Hall–Kier alpha value is -0.990. The first-order chi connectivity index (χ1) is 7.06. The van der Waals surface area contributed by atoms with E-state index in [1.807, 2.05) is 0 Å². The minimum atomic E-state index is -0.0978. The molecule has 0 unspecified atom stereocenters. The topological polar surface area (TPSA) is 37.3 Å². The average molecular weight is 243 g/mol. The molecule has 0 atom stereocenters. The number of phenolic OH excluding ortho intramolecular Hbond substituents is 1. The fourth-order valence-corrected chi connectivity index (χ4v) is 2.18. The molecule has 0 saturated carbocycles. The summed E-state index contributed by atoms with van der Waals surface area (Å²) in [7, 11) is 0. The summed E-state index contributed by atoms with van der Waals surface area (Å²) in [5, 5.41) is 9.65. The van der Waals surface area contributed by atoms with Gasteiger partial charge in [0.2, 0.25) is 0 Å². The smallest absolute Gasteiger partial charge is 0.190 e. The second-order valence-electron chi connectivity index (χ2n) is 3.38. The molecular formula is C11H8Cl2O2. The number of phenols is 1. The number of aromatic hydroxyl groups is 1. The molecule has 15 heavy (non-hydrogen) atoms. The van der Waals surface area contributed by atoms with Crippen molar-refractivity contribution < 1.29 is 9.90 Å². The van der Waals surface area contributed by atoms with Crippen molar-refractivity contribution in [2.45, 2.75) is 13.3 Å². The molecular weight excluding hydrogens is 235 g/mol. The fourth-order valence-electron chi connectivity index (χ4n) is 1.73. The van der Waals surface area contributed by atoms with E-state index in [2.05, 4.69) is 0 Å². The summed E-state index contributed by atoms with van der Waals surface area (Å²) in [4.78, 5) is 11.8. The first-order valence-electron chi connectivity index (χ1n) is 4.46. The molecule has 1 N–H and O–H groups in total. The molecule has 2 rings (SSSR count). The Labute approximate surface area is 97.1 Å². The minimum Gasteiger partial charge on any atom is -0.506 e. The van der Waals surface area contributed by atoms with Crippen LogP contribution in [0.4, 0.5) is 0 Å². The number of allylic oxidation sites excluding steroid dienone is 2. The highest BCUT2D eigenvalue weighted by Crippen LogP contribution is 2.41. The summed E-state index contributed by atoms with van der Waals surface area (Å²) < 4.78 is 0. The Bertz CT molecular complexity index is 490. The number of carbonyl (C=O) groups excluding carboxylic acids is 1. The lowest BCUT2D eigenvalue weighted by molar-refractivity contribution is 0.103. The zero-order chi connectivity index (χ0) is 11.2. The van der Waals surface area contributed by atoms with E-state index < -0.39 is 0 Å². The van der Waals surface area contributed by atoms with Crippen molar-refractivity contribution >= 4 is 29.0 Å². The highest BCUT2D eigenvalue weighted by Gasteiger charge is 2.29. The summed E-state index contributed by atoms with van der Waals surface area (Å²) in [5.74, 6) is -0.176. The Kier molecular flexibility index (Phi) is 2.49. The number of carbonyl (C=O) groups is 1. The first kappa shape index (κ1) is 10.5. The molecule has 0 amide bonds. The predicted octanol–water partition coefficient (Wildman–Crippen LogP) is 3.38. The van der Waals surface area contributed by atoms with E-state index >= 15 is 0 Å². The van der Waals surface area contributed by atoms with Crippen molar-refractivity contribution in [1.29, 1.82) is 0 Å². The first-order valence-corrected chi connectivity index (χ1v) is 5.21. The molecule has 0 aliphatic heterocycles. The monoisotopic (exact) mass is 242 g/mol. The van der Waals surface area contributed by atoms with Crippen molar-refractivity contribution in [2.75, 3.05) is 0 Å². The lowest BCUT2D eigenvalue weighted by Crippen LogP contribution is -1.96. The van der Waals surface area contributed by atoms with Gasteiger partial charge in [-0.05, 0) is 18.6 Å². The number of benzene rings is 1. The third-order valence-corrected chi connectivity index (χ3v) is 3.37. The van der Waals surface area contributed by atoms with Gasteiger partial charge < -0.3 is 5.11 Å². The van der Waals surface area contributed by atoms with E-state index in [1.165, 1.54) is 6.07 Å². The van der Waals surface area contributed by atoms with Gasteiger partial charge in [-0.1, -0.05) is 29.3 Å². The van der Waals surface area contributed by atoms with E-state index in [-0.39, 0.29) is 21.6 Å². The van der Waals surface area contributed by atoms with Crippen LogP contribution in [0.2, 0.25) is 10.0 Å². The molecule has 1 aliphatic carbocycles. The molecule has 1 aromatic carbocycles. The van der Waals surface area contributed by atoms with Crippen LogP contribution in [0.1, 0.15) is 22.8 Å². The van der Waals surface area contributed by atoms with Gasteiger partial charge in [0.15, 0.2) is 5.78 Å².